The van der Waals surface area contributed by atoms with E-state index in [9.17, 15) is 4.79 Å². The van der Waals surface area contributed by atoms with E-state index in [0.717, 1.165) is 16.7 Å². The van der Waals surface area contributed by atoms with Gasteiger partial charge in [0.05, 0.1) is 0 Å². The number of benzene rings is 2. The number of nitrogens with one attached hydrogen (secondary N) is 1. The number of carbonyl (C=O) groups excluding carboxylic acids is 1. The average molecular weight is 371 g/mol. The van der Waals surface area contributed by atoms with E-state index in [0.29, 0.717) is 12.3 Å². The van der Waals surface area contributed by atoms with Gasteiger partial charge in [-0.1, -0.05) is 43.0 Å². The van der Waals surface area contributed by atoms with Crippen molar-refractivity contribution in [2.75, 3.05) is 27.8 Å². The van der Waals surface area contributed by atoms with Gasteiger partial charge in [-0.3, -0.25) is 4.79 Å². The number of rotatable bonds is 11. The Morgan fingerprint density at radius 1 is 1.07 bits per heavy atom. The van der Waals surface area contributed by atoms with Gasteiger partial charge >= 0.3 is 0 Å². The van der Waals surface area contributed by atoms with Gasteiger partial charge in [0.15, 0.2) is 6.79 Å². The Balaban J connectivity index is 2.36. The first kappa shape index (κ1) is 20.6. The third-order valence-corrected chi connectivity index (χ3v) is 3.74. The Hall–Kier alpha value is -2.67. The lowest BCUT2D eigenvalue weighted by molar-refractivity contribution is -0.116. The minimum Gasteiger partial charge on any atom is -0.468 e. The predicted octanol–water partition coefficient (Wildman–Crippen LogP) is 3.18. The molecule has 2 aromatic rings. The summed E-state index contributed by atoms with van der Waals surface area (Å²) in [6.45, 7) is 4.07. The zero-order valence-electron chi connectivity index (χ0n) is 15.6. The van der Waals surface area contributed by atoms with Crippen LogP contribution in [0.15, 0.2) is 61.2 Å². The van der Waals surface area contributed by atoms with Gasteiger partial charge in [-0.15, -0.1) is 0 Å². The number of methoxy groups -OCH3 is 2. The largest absolute Gasteiger partial charge is 0.468 e. The lowest BCUT2D eigenvalue weighted by Crippen LogP contribution is -2.20. The van der Waals surface area contributed by atoms with E-state index < -0.39 is 0 Å². The van der Waals surface area contributed by atoms with Gasteiger partial charge in [0.25, 0.3) is 0 Å². The second-order valence-electron chi connectivity index (χ2n) is 5.75. The highest BCUT2D eigenvalue weighted by Gasteiger charge is 2.17. The molecule has 6 heteroatoms. The number of ether oxygens (including phenoxy) is 4. The summed E-state index contributed by atoms with van der Waals surface area (Å²) in [5.41, 5.74) is 2.74. The van der Waals surface area contributed by atoms with Crippen LogP contribution >= 0.6 is 0 Å². The molecule has 0 fully saturated rings. The summed E-state index contributed by atoms with van der Waals surface area (Å²) >= 11 is 0. The lowest BCUT2D eigenvalue weighted by atomic mass is 9.99. The van der Waals surface area contributed by atoms with Crippen molar-refractivity contribution in [2.45, 2.75) is 12.6 Å². The molecule has 0 radical (unpaired) electrons. The summed E-state index contributed by atoms with van der Waals surface area (Å²) in [5, 5.41) is 2.77. The average Bonchev–Trinajstić information content (AvgIpc) is 2.71. The molecule has 0 heterocycles. The van der Waals surface area contributed by atoms with Crippen LogP contribution in [0.3, 0.4) is 0 Å². The monoisotopic (exact) mass is 371 g/mol. The Labute approximate surface area is 159 Å². The van der Waals surface area contributed by atoms with Crippen molar-refractivity contribution in [1.29, 1.82) is 0 Å². The van der Waals surface area contributed by atoms with Gasteiger partial charge in [-0.05, 0) is 34.9 Å². The molecule has 2 rings (SSSR count). The van der Waals surface area contributed by atoms with E-state index >= 15 is 0 Å². The maximum absolute atomic E-state index is 11.5. The number of amides is 1. The van der Waals surface area contributed by atoms with Crippen molar-refractivity contribution in [3.8, 4) is 5.75 Å². The Kier molecular flexibility index (Phi) is 8.51. The van der Waals surface area contributed by atoms with Crippen molar-refractivity contribution in [2.24, 2.45) is 0 Å². The molecular weight excluding hydrogens is 346 g/mol. The smallest absolute Gasteiger partial charge is 0.243 e. The minimum atomic E-state index is -0.342. The van der Waals surface area contributed by atoms with Gasteiger partial charge in [-0.25, -0.2) is 0 Å². The van der Waals surface area contributed by atoms with Crippen LogP contribution < -0.4 is 10.1 Å². The molecule has 2 aromatic carbocycles. The van der Waals surface area contributed by atoms with Crippen molar-refractivity contribution in [1.82, 2.24) is 5.32 Å². The summed E-state index contributed by atoms with van der Waals surface area (Å²) in [4.78, 5) is 11.5. The van der Waals surface area contributed by atoms with Crippen molar-refractivity contribution in [3.63, 3.8) is 0 Å². The molecule has 0 bridgehead atoms. The molecule has 0 aromatic heterocycles. The second kappa shape index (κ2) is 11.1. The van der Waals surface area contributed by atoms with Gasteiger partial charge in [0.2, 0.25) is 5.91 Å². The van der Waals surface area contributed by atoms with E-state index in [1.807, 2.05) is 48.5 Å². The van der Waals surface area contributed by atoms with E-state index in [1.165, 1.54) is 6.08 Å². The van der Waals surface area contributed by atoms with Gasteiger partial charge in [-0.2, -0.15) is 0 Å². The van der Waals surface area contributed by atoms with Crippen LogP contribution in [0, 0.1) is 0 Å². The Bertz CT molecular complexity index is 733. The standard InChI is InChI=1S/C21H25NO5/c1-4-20(23)22-13-16-10-18(12-19(11-16)26-14-24-2)21(27-15-25-3)17-8-6-5-7-9-17/h4-12,21H,1,13-15H2,2-3H3,(H,22,23). The van der Waals surface area contributed by atoms with Crippen LogP contribution in [0.2, 0.25) is 0 Å². The van der Waals surface area contributed by atoms with Crippen LogP contribution in [-0.4, -0.2) is 33.7 Å². The van der Waals surface area contributed by atoms with Crippen LogP contribution in [0.5, 0.6) is 5.75 Å². The van der Waals surface area contributed by atoms with E-state index in [2.05, 4.69) is 11.9 Å². The second-order valence-corrected chi connectivity index (χ2v) is 5.75. The first-order valence-electron chi connectivity index (χ1n) is 8.49. The molecule has 0 saturated heterocycles. The zero-order chi connectivity index (χ0) is 19.5. The molecule has 0 aliphatic heterocycles. The Morgan fingerprint density at radius 3 is 2.48 bits per heavy atom. The molecule has 1 atom stereocenters. The Morgan fingerprint density at radius 2 is 1.81 bits per heavy atom. The molecule has 0 aliphatic carbocycles. The normalized spacial score (nSPS) is 11.6. The van der Waals surface area contributed by atoms with Crippen LogP contribution in [-0.2, 0) is 25.5 Å². The first-order valence-corrected chi connectivity index (χ1v) is 8.49. The highest BCUT2D eigenvalue weighted by Crippen LogP contribution is 2.30. The predicted molar refractivity (Wildman–Crippen MR) is 102 cm³/mol. The van der Waals surface area contributed by atoms with Gasteiger partial charge in [0.1, 0.15) is 18.6 Å². The van der Waals surface area contributed by atoms with Crippen molar-refractivity contribution >= 4 is 5.91 Å². The van der Waals surface area contributed by atoms with Crippen LogP contribution in [0.4, 0.5) is 0 Å². The summed E-state index contributed by atoms with van der Waals surface area (Å²) < 4.78 is 21.6. The minimum absolute atomic E-state index is 0.122. The molecule has 1 unspecified atom stereocenters. The van der Waals surface area contributed by atoms with Crippen molar-refractivity contribution < 1.29 is 23.7 Å². The molecule has 1 amide bonds. The quantitative estimate of drug-likeness (QED) is 0.485. The maximum atomic E-state index is 11.5. The highest BCUT2D eigenvalue weighted by molar-refractivity contribution is 5.86. The third kappa shape index (κ3) is 6.53. The molecule has 0 aliphatic rings. The van der Waals surface area contributed by atoms with E-state index in [1.54, 1.807) is 14.2 Å². The highest BCUT2D eigenvalue weighted by atomic mass is 16.7. The lowest BCUT2D eigenvalue weighted by Gasteiger charge is -2.20. The maximum Gasteiger partial charge on any atom is 0.243 e. The summed E-state index contributed by atoms with van der Waals surface area (Å²) in [5.74, 6) is 0.383. The number of carbonyl (C=O) groups is 1. The van der Waals surface area contributed by atoms with Crippen molar-refractivity contribution in [3.05, 3.63) is 77.9 Å². The molecule has 0 spiro atoms. The molecule has 0 saturated carbocycles. The molecule has 6 nitrogen and oxygen atoms in total. The van der Waals surface area contributed by atoms with Crippen LogP contribution in [0.25, 0.3) is 0 Å². The zero-order valence-corrected chi connectivity index (χ0v) is 15.6. The van der Waals surface area contributed by atoms with Gasteiger partial charge in [0, 0.05) is 20.8 Å². The number of hydrogen-bond donors (Lipinski definition) is 1. The third-order valence-electron chi connectivity index (χ3n) is 3.74. The first-order chi connectivity index (χ1) is 13.2. The molecule has 27 heavy (non-hydrogen) atoms. The van der Waals surface area contributed by atoms with E-state index in [-0.39, 0.29) is 25.6 Å². The van der Waals surface area contributed by atoms with Gasteiger partial charge < -0.3 is 24.3 Å². The molecule has 144 valence electrons. The fourth-order valence-corrected chi connectivity index (χ4v) is 2.56. The fourth-order valence-electron chi connectivity index (χ4n) is 2.56. The number of hydrogen-bond acceptors (Lipinski definition) is 5. The SMILES string of the molecule is C=CC(=O)NCc1cc(OCOC)cc(C(OCOC)c2ccccc2)c1. The topological polar surface area (TPSA) is 66.0 Å². The van der Waals surface area contributed by atoms with Crippen LogP contribution in [0.1, 0.15) is 22.8 Å². The fraction of sp³-hybridized carbons (Fsp3) is 0.286. The van der Waals surface area contributed by atoms with E-state index in [4.69, 9.17) is 18.9 Å². The molecule has 1 N–H and O–H groups in total. The molecular formula is C21H25NO5. The summed E-state index contributed by atoms with van der Waals surface area (Å²) in [7, 11) is 3.14. The summed E-state index contributed by atoms with van der Waals surface area (Å²) in [6, 6.07) is 15.5. The summed E-state index contributed by atoms with van der Waals surface area (Å²) in [6.07, 6.45) is 0.895.